The number of rotatable bonds is 14. The summed E-state index contributed by atoms with van der Waals surface area (Å²) in [5.74, 6) is 9.50. The maximum absolute atomic E-state index is 6.50. The summed E-state index contributed by atoms with van der Waals surface area (Å²) in [4.78, 5) is 29.7. The minimum atomic E-state index is -0.598. The maximum atomic E-state index is 6.50. The minimum Gasteiger partial charge on any atom is -0.450 e. The van der Waals surface area contributed by atoms with Gasteiger partial charge in [0.25, 0.3) is 0 Å². The molecule has 10 heteroatoms. The fraction of sp³-hybridized carbons (Fsp3) is 0.0172. The highest BCUT2D eigenvalue weighted by atomic mass is 16.6. The van der Waals surface area contributed by atoms with Crippen molar-refractivity contribution >= 4 is 0 Å². The minimum absolute atomic E-state index is 0.585. The average Bonchev–Trinajstić information content (AvgIpc) is 1.54. The number of nitrogens with zero attached hydrogens (tertiary/aromatic N) is 6. The van der Waals surface area contributed by atoms with Gasteiger partial charge in [-0.05, 0) is 178 Å². The standard InChI is InChI=1S/2C58H37N3O2/c1-3-15-39(16-4-1)55-59-56(40-17-5-2-6-18-40)61-57(60-55)44-22-14-21-43(36-44)42-20-13-19-41(35-42)38-29-31-45(32-30-38)58(49-25-9-7-23-47(49)48-24-8-10-26-50(48)58)46-33-34-53-54(37-46)63-52-28-12-11-27-51(52)62-53;1-3-14-41(15-4-1)55-59-56(42-16-5-2-6-17-42)61-57(60-55)44-19-13-18-43(36-44)40-28-26-38(27-29-40)39-30-32-45(33-31-39)58(49-22-9-7-20-47(49)48-21-8-10-23-50(48)58)46-34-35-53-54(37-46)63-52-25-12-11-24-51(52)62-53/h2*1-37H. The Hall–Kier alpha value is -16.8. The molecule has 4 aliphatic rings. The quantitative estimate of drug-likeness (QED) is 0.104. The van der Waals surface area contributed by atoms with Crippen molar-refractivity contribution in [3.8, 4) is 181 Å². The fourth-order valence-corrected chi connectivity index (χ4v) is 18.7. The second-order valence-electron chi connectivity index (χ2n) is 31.9. The molecule has 2 aliphatic carbocycles. The van der Waals surface area contributed by atoms with E-state index in [4.69, 9.17) is 48.9 Å². The molecule has 2 aromatic heterocycles. The van der Waals surface area contributed by atoms with E-state index in [0.29, 0.717) is 75.2 Å². The number of para-hydroxylation sites is 4. The van der Waals surface area contributed by atoms with E-state index in [9.17, 15) is 0 Å². The monoisotopic (exact) mass is 1610 g/mol. The predicted octanol–water partition coefficient (Wildman–Crippen LogP) is 28.9. The zero-order valence-electron chi connectivity index (χ0n) is 68.0. The van der Waals surface area contributed by atoms with Gasteiger partial charge in [-0.2, -0.15) is 0 Å². The third-order valence-corrected chi connectivity index (χ3v) is 24.6. The van der Waals surface area contributed by atoms with E-state index in [1.165, 1.54) is 55.6 Å². The molecule has 4 heterocycles. The highest BCUT2D eigenvalue weighted by Crippen LogP contribution is 2.61. The molecule has 126 heavy (non-hydrogen) atoms. The van der Waals surface area contributed by atoms with Crippen LogP contribution in [0.3, 0.4) is 0 Å². The van der Waals surface area contributed by atoms with Crippen LogP contribution in [-0.2, 0) is 10.8 Å². The van der Waals surface area contributed by atoms with Crippen LogP contribution in [0.25, 0.3) is 135 Å². The molecule has 0 radical (unpaired) electrons. The van der Waals surface area contributed by atoms with Crippen LogP contribution in [0.4, 0.5) is 0 Å². The highest BCUT2D eigenvalue weighted by molar-refractivity contribution is 5.90. The summed E-state index contributed by atoms with van der Waals surface area (Å²) in [5, 5.41) is 0. The Balaban J connectivity index is 0.000000145. The molecule has 24 rings (SSSR count). The molecule has 10 nitrogen and oxygen atoms in total. The Morgan fingerprint density at radius 3 is 0.651 bits per heavy atom. The van der Waals surface area contributed by atoms with Crippen LogP contribution in [0.15, 0.2) is 449 Å². The van der Waals surface area contributed by atoms with E-state index in [0.717, 1.165) is 94.8 Å². The molecule has 2 aliphatic heterocycles. The lowest BCUT2D eigenvalue weighted by Crippen LogP contribution is -2.28. The van der Waals surface area contributed by atoms with Gasteiger partial charge in [0.1, 0.15) is 0 Å². The number of ether oxygens (including phenoxy) is 4. The van der Waals surface area contributed by atoms with Gasteiger partial charge in [-0.1, -0.05) is 382 Å². The first-order chi connectivity index (χ1) is 62.4. The van der Waals surface area contributed by atoms with Crippen molar-refractivity contribution in [3.05, 3.63) is 493 Å². The SMILES string of the molecule is c1ccc(-c2nc(-c3ccccc3)nc(-c3cccc(-c4ccc(-c5ccc(C6(c7ccc8c(c7)Oc7ccccc7O8)c7ccccc7-c7ccccc76)cc5)cc4)c3)n2)cc1.c1ccc(-c2nc(-c3ccccc3)nc(-c3cccc(-c4cccc(-c5ccc(C6(c7ccc8c(c7)Oc7ccccc7O8)c7ccccc7-c7ccccc76)cc5)c4)c3)n2)cc1. The number of hydrogen-bond acceptors (Lipinski definition) is 10. The molecular weight excluding hydrogens is 1540 g/mol. The molecule has 0 spiro atoms. The summed E-state index contributed by atoms with van der Waals surface area (Å²) in [7, 11) is 0. The summed E-state index contributed by atoms with van der Waals surface area (Å²) in [6.45, 7) is 0. The summed E-state index contributed by atoms with van der Waals surface area (Å²) in [6.07, 6.45) is 0. The van der Waals surface area contributed by atoms with Gasteiger partial charge in [0.05, 0.1) is 10.8 Å². The molecule has 18 aromatic carbocycles. The van der Waals surface area contributed by atoms with Crippen LogP contribution in [-0.4, -0.2) is 29.9 Å². The van der Waals surface area contributed by atoms with Crippen molar-refractivity contribution in [2.75, 3.05) is 0 Å². The normalized spacial score (nSPS) is 12.8. The molecule has 0 amide bonds. The van der Waals surface area contributed by atoms with Gasteiger partial charge in [-0.3, -0.25) is 0 Å². The van der Waals surface area contributed by atoms with E-state index in [1.807, 2.05) is 182 Å². The fourth-order valence-electron chi connectivity index (χ4n) is 18.7. The van der Waals surface area contributed by atoms with Gasteiger partial charge in [0.15, 0.2) is 80.9 Å². The van der Waals surface area contributed by atoms with Crippen molar-refractivity contribution in [3.63, 3.8) is 0 Å². The second kappa shape index (κ2) is 31.3. The summed E-state index contributed by atoms with van der Waals surface area (Å²) in [6, 6.07) is 157. The van der Waals surface area contributed by atoms with Crippen LogP contribution in [0, 0.1) is 0 Å². The van der Waals surface area contributed by atoms with Crippen molar-refractivity contribution in [2.24, 2.45) is 0 Å². The lowest BCUT2D eigenvalue weighted by atomic mass is 9.67. The van der Waals surface area contributed by atoms with Gasteiger partial charge >= 0.3 is 0 Å². The Bertz CT molecular complexity index is 7370. The number of hydrogen-bond donors (Lipinski definition) is 0. The van der Waals surface area contributed by atoms with Crippen LogP contribution < -0.4 is 18.9 Å². The smallest absolute Gasteiger partial charge is 0.170 e. The average molecular weight is 1620 g/mol. The number of aromatic nitrogens is 6. The summed E-state index contributed by atoms with van der Waals surface area (Å²) >= 11 is 0. The zero-order chi connectivity index (χ0) is 83.5. The zero-order valence-corrected chi connectivity index (χ0v) is 68.0. The van der Waals surface area contributed by atoms with Gasteiger partial charge < -0.3 is 18.9 Å². The van der Waals surface area contributed by atoms with Crippen molar-refractivity contribution < 1.29 is 18.9 Å². The van der Waals surface area contributed by atoms with Crippen molar-refractivity contribution in [1.29, 1.82) is 0 Å². The topological polar surface area (TPSA) is 114 Å². The number of fused-ring (bicyclic) bond motifs is 10. The van der Waals surface area contributed by atoms with Crippen LogP contribution in [0.2, 0.25) is 0 Å². The molecule has 20 aromatic rings. The number of benzene rings is 18. The lowest BCUT2D eigenvalue weighted by molar-refractivity contribution is 0.359. The molecule has 0 saturated carbocycles. The van der Waals surface area contributed by atoms with E-state index < -0.39 is 10.8 Å². The largest absolute Gasteiger partial charge is 0.450 e. The van der Waals surface area contributed by atoms with Crippen molar-refractivity contribution in [2.45, 2.75) is 10.8 Å². The van der Waals surface area contributed by atoms with Crippen molar-refractivity contribution in [1.82, 2.24) is 29.9 Å². The van der Waals surface area contributed by atoms with Gasteiger partial charge in [-0.15, -0.1) is 0 Å². The van der Waals surface area contributed by atoms with E-state index in [1.54, 1.807) is 0 Å². The highest BCUT2D eigenvalue weighted by Gasteiger charge is 2.48. The Morgan fingerprint density at radius 1 is 0.135 bits per heavy atom. The lowest BCUT2D eigenvalue weighted by Gasteiger charge is -2.34. The van der Waals surface area contributed by atoms with Gasteiger partial charge in [-0.25, -0.2) is 29.9 Å². The van der Waals surface area contributed by atoms with Gasteiger partial charge in [0.2, 0.25) is 0 Å². The molecular formula is C116H74N6O4. The maximum Gasteiger partial charge on any atom is 0.170 e. The summed E-state index contributed by atoms with van der Waals surface area (Å²) in [5.41, 5.74) is 27.8. The molecule has 0 fully saturated rings. The third kappa shape index (κ3) is 13.1. The molecule has 0 N–H and O–H groups in total. The Labute approximate surface area is 729 Å². The van der Waals surface area contributed by atoms with E-state index >= 15 is 0 Å². The molecule has 0 bridgehead atoms. The molecule has 0 unspecified atom stereocenters. The Morgan fingerprint density at radius 2 is 0.341 bits per heavy atom. The van der Waals surface area contributed by atoms with Gasteiger partial charge in [0, 0.05) is 33.4 Å². The first-order valence-corrected chi connectivity index (χ1v) is 42.3. The third-order valence-electron chi connectivity index (χ3n) is 24.6. The van der Waals surface area contributed by atoms with Crippen LogP contribution >= 0.6 is 0 Å². The van der Waals surface area contributed by atoms with E-state index in [2.05, 4.69) is 267 Å². The van der Waals surface area contributed by atoms with Crippen LogP contribution in [0.1, 0.15) is 44.5 Å². The summed E-state index contributed by atoms with van der Waals surface area (Å²) < 4.78 is 25.6. The molecule has 0 atom stereocenters. The first-order valence-electron chi connectivity index (χ1n) is 42.3. The van der Waals surface area contributed by atoms with E-state index in [-0.39, 0.29) is 0 Å². The molecule has 0 saturated heterocycles. The second-order valence-corrected chi connectivity index (χ2v) is 31.9. The predicted molar refractivity (Wildman–Crippen MR) is 502 cm³/mol. The molecule has 592 valence electrons. The first kappa shape index (κ1) is 74.3. The van der Waals surface area contributed by atoms with Crippen LogP contribution in [0.5, 0.6) is 46.0 Å². The Kier molecular flexibility index (Phi) is 18.5.